The highest BCUT2D eigenvalue weighted by molar-refractivity contribution is 6.30. The number of amides is 1. The van der Waals surface area contributed by atoms with Crippen molar-refractivity contribution in [3.05, 3.63) is 53.3 Å². The number of hydrogen-bond acceptors (Lipinski definition) is 5. The van der Waals surface area contributed by atoms with Gasteiger partial charge in [0.25, 0.3) is 5.91 Å². The number of carbonyl (C=O) groups excluding carboxylic acids is 1. The number of benzene rings is 1. The number of rotatable bonds is 4. The van der Waals surface area contributed by atoms with Gasteiger partial charge in [-0.2, -0.15) is 0 Å². The standard InChI is InChI=1S/C13H10ClN5O2/c14-9-3-1-2-8(4-9)11-5-16-12(21-11)7-19-6-10(13(15)20)17-18-19/h1-6H,7H2,(H2,15,20). The van der Waals surface area contributed by atoms with E-state index in [2.05, 4.69) is 15.3 Å². The van der Waals surface area contributed by atoms with Crippen LogP contribution in [0.15, 0.2) is 41.1 Å². The van der Waals surface area contributed by atoms with Crippen molar-refractivity contribution in [3.8, 4) is 11.3 Å². The Morgan fingerprint density at radius 3 is 3.00 bits per heavy atom. The van der Waals surface area contributed by atoms with Gasteiger partial charge in [0.05, 0.1) is 12.4 Å². The van der Waals surface area contributed by atoms with Gasteiger partial charge < -0.3 is 10.2 Å². The predicted molar refractivity (Wildman–Crippen MR) is 74.6 cm³/mol. The first kappa shape index (κ1) is 13.3. The first-order chi connectivity index (χ1) is 10.1. The molecule has 0 aliphatic carbocycles. The number of hydrogen-bond donors (Lipinski definition) is 1. The molecule has 0 saturated heterocycles. The van der Waals surface area contributed by atoms with Crippen molar-refractivity contribution >= 4 is 17.5 Å². The monoisotopic (exact) mass is 303 g/mol. The van der Waals surface area contributed by atoms with Crippen LogP contribution in [-0.2, 0) is 6.54 Å². The van der Waals surface area contributed by atoms with E-state index >= 15 is 0 Å². The minimum atomic E-state index is -0.631. The van der Waals surface area contributed by atoms with E-state index in [0.29, 0.717) is 16.7 Å². The third-order valence-corrected chi connectivity index (χ3v) is 2.99. The molecule has 1 aromatic carbocycles. The number of nitrogens with two attached hydrogens (primary N) is 1. The van der Waals surface area contributed by atoms with Crippen molar-refractivity contribution in [2.45, 2.75) is 6.54 Å². The van der Waals surface area contributed by atoms with Crippen LogP contribution in [0.5, 0.6) is 0 Å². The Bertz CT molecular complexity index is 795. The molecule has 3 rings (SSSR count). The summed E-state index contributed by atoms with van der Waals surface area (Å²) in [6.07, 6.45) is 3.04. The molecule has 106 valence electrons. The number of carbonyl (C=O) groups is 1. The van der Waals surface area contributed by atoms with E-state index in [9.17, 15) is 4.79 Å². The lowest BCUT2D eigenvalue weighted by Gasteiger charge is -1.97. The van der Waals surface area contributed by atoms with Gasteiger partial charge in [-0.1, -0.05) is 28.9 Å². The second-order valence-corrected chi connectivity index (χ2v) is 4.73. The quantitative estimate of drug-likeness (QED) is 0.791. The Balaban J connectivity index is 1.80. The molecule has 0 saturated carbocycles. The van der Waals surface area contributed by atoms with Crippen molar-refractivity contribution in [1.82, 2.24) is 20.0 Å². The van der Waals surface area contributed by atoms with Crippen molar-refractivity contribution in [3.63, 3.8) is 0 Å². The van der Waals surface area contributed by atoms with Crippen LogP contribution in [0.3, 0.4) is 0 Å². The fourth-order valence-electron chi connectivity index (χ4n) is 1.79. The summed E-state index contributed by atoms with van der Waals surface area (Å²) in [5.74, 6) is 0.405. The summed E-state index contributed by atoms with van der Waals surface area (Å²) >= 11 is 5.94. The van der Waals surface area contributed by atoms with E-state index in [1.54, 1.807) is 18.3 Å². The smallest absolute Gasteiger partial charge is 0.270 e. The third-order valence-electron chi connectivity index (χ3n) is 2.75. The van der Waals surface area contributed by atoms with Gasteiger partial charge in [0, 0.05) is 10.6 Å². The van der Waals surface area contributed by atoms with Crippen molar-refractivity contribution in [1.29, 1.82) is 0 Å². The summed E-state index contributed by atoms with van der Waals surface area (Å²) in [5.41, 5.74) is 6.03. The Morgan fingerprint density at radius 2 is 2.29 bits per heavy atom. The zero-order chi connectivity index (χ0) is 14.8. The summed E-state index contributed by atoms with van der Waals surface area (Å²) in [4.78, 5) is 15.1. The summed E-state index contributed by atoms with van der Waals surface area (Å²) in [6.45, 7) is 0.251. The summed E-state index contributed by atoms with van der Waals surface area (Å²) in [6, 6.07) is 7.27. The van der Waals surface area contributed by atoms with E-state index in [4.69, 9.17) is 21.8 Å². The molecule has 1 amide bonds. The van der Waals surface area contributed by atoms with Gasteiger partial charge in [-0.3, -0.25) is 4.79 Å². The first-order valence-corrected chi connectivity index (χ1v) is 6.40. The zero-order valence-corrected chi connectivity index (χ0v) is 11.5. The molecule has 3 aromatic rings. The van der Waals surface area contributed by atoms with E-state index in [0.717, 1.165) is 5.56 Å². The van der Waals surface area contributed by atoms with Crippen LogP contribution >= 0.6 is 11.6 Å². The molecule has 0 radical (unpaired) electrons. The maximum Gasteiger partial charge on any atom is 0.270 e. The maximum atomic E-state index is 10.9. The lowest BCUT2D eigenvalue weighted by Crippen LogP contribution is -2.11. The molecule has 0 spiro atoms. The second-order valence-electron chi connectivity index (χ2n) is 4.29. The molecule has 0 aliphatic heterocycles. The highest BCUT2D eigenvalue weighted by Crippen LogP contribution is 2.23. The van der Waals surface area contributed by atoms with Gasteiger partial charge in [0.1, 0.15) is 6.54 Å². The minimum Gasteiger partial charge on any atom is -0.439 e. The van der Waals surface area contributed by atoms with Crippen LogP contribution in [0, 0.1) is 0 Å². The summed E-state index contributed by atoms with van der Waals surface area (Å²) in [7, 11) is 0. The molecular weight excluding hydrogens is 294 g/mol. The SMILES string of the molecule is NC(=O)c1cn(Cc2ncc(-c3cccc(Cl)c3)o2)nn1. The van der Waals surface area contributed by atoms with Crippen LogP contribution in [-0.4, -0.2) is 25.9 Å². The molecule has 2 aromatic heterocycles. The molecule has 0 atom stereocenters. The van der Waals surface area contributed by atoms with Crippen LogP contribution in [0.25, 0.3) is 11.3 Å². The maximum absolute atomic E-state index is 10.9. The molecule has 0 fully saturated rings. The average molecular weight is 304 g/mol. The van der Waals surface area contributed by atoms with Gasteiger partial charge in [-0.25, -0.2) is 9.67 Å². The van der Waals surface area contributed by atoms with Crippen LogP contribution < -0.4 is 5.73 Å². The Labute approximate surface area is 124 Å². The molecule has 0 unspecified atom stereocenters. The molecule has 21 heavy (non-hydrogen) atoms. The number of aromatic nitrogens is 4. The van der Waals surface area contributed by atoms with Crippen LogP contribution in [0.4, 0.5) is 0 Å². The molecule has 7 nitrogen and oxygen atoms in total. The predicted octanol–water partition coefficient (Wildman–Crippen LogP) is 1.73. The fourth-order valence-corrected chi connectivity index (χ4v) is 1.98. The normalized spacial score (nSPS) is 10.7. The highest BCUT2D eigenvalue weighted by atomic mass is 35.5. The van der Waals surface area contributed by atoms with Crippen LogP contribution in [0.1, 0.15) is 16.4 Å². The fraction of sp³-hybridized carbons (Fsp3) is 0.0769. The minimum absolute atomic E-state index is 0.0941. The molecule has 2 heterocycles. The molecule has 0 bridgehead atoms. The number of halogens is 1. The van der Waals surface area contributed by atoms with Gasteiger partial charge in [-0.05, 0) is 12.1 Å². The van der Waals surface area contributed by atoms with E-state index in [1.165, 1.54) is 10.9 Å². The lowest BCUT2D eigenvalue weighted by molar-refractivity contribution is 0.0995. The average Bonchev–Trinajstić information content (AvgIpc) is 3.08. The molecule has 8 heteroatoms. The van der Waals surface area contributed by atoms with Gasteiger partial charge in [0.2, 0.25) is 5.89 Å². The summed E-state index contributed by atoms with van der Waals surface area (Å²) < 4.78 is 7.05. The Hall–Kier alpha value is -2.67. The topological polar surface area (TPSA) is 99.8 Å². The highest BCUT2D eigenvalue weighted by Gasteiger charge is 2.10. The summed E-state index contributed by atoms with van der Waals surface area (Å²) in [5, 5.41) is 8.03. The van der Waals surface area contributed by atoms with Crippen molar-refractivity contribution < 1.29 is 9.21 Å². The van der Waals surface area contributed by atoms with Crippen LogP contribution in [0.2, 0.25) is 5.02 Å². The second kappa shape index (κ2) is 5.37. The third kappa shape index (κ3) is 2.92. The van der Waals surface area contributed by atoms with Gasteiger partial charge in [0.15, 0.2) is 11.5 Å². The van der Waals surface area contributed by atoms with Crippen molar-refractivity contribution in [2.24, 2.45) is 5.73 Å². The van der Waals surface area contributed by atoms with E-state index < -0.39 is 5.91 Å². The number of primary amides is 1. The molecular formula is C13H10ClN5O2. The first-order valence-electron chi connectivity index (χ1n) is 6.02. The molecule has 0 aliphatic rings. The van der Waals surface area contributed by atoms with Gasteiger partial charge in [-0.15, -0.1) is 5.10 Å². The van der Waals surface area contributed by atoms with E-state index in [-0.39, 0.29) is 12.2 Å². The Morgan fingerprint density at radius 1 is 1.43 bits per heavy atom. The number of oxazole rings is 1. The van der Waals surface area contributed by atoms with E-state index in [1.807, 2.05) is 12.1 Å². The molecule has 2 N–H and O–H groups in total. The largest absolute Gasteiger partial charge is 0.439 e. The van der Waals surface area contributed by atoms with Gasteiger partial charge >= 0.3 is 0 Å². The lowest BCUT2D eigenvalue weighted by atomic mass is 10.2. The number of nitrogens with zero attached hydrogens (tertiary/aromatic N) is 4. The zero-order valence-electron chi connectivity index (χ0n) is 10.7. The van der Waals surface area contributed by atoms with Crippen molar-refractivity contribution in [2.75, 3.05) is 0 Å². The Kier molecular flexibility index (Phi) is 3.41.